The molecule has 0 bridgehead atoms. The number of benzene rings is 1. The van der Waals surface area contributed by atoms with Gasteiger partial charge in [-0.2, -0.15) is 0 Å². The quantitative estimate of drug-likeness (QED) is 0.903. The minimum Gasteiger partial charge on any atom is -0.465 e. The number of rotatable bonds is 3. The van der Waals surface area contributed by atoms with Crippen molar-refractivity contribution in [2.45, 2.75) is 44.3 Å². The van der Waals surface area contributed by atoms with Gasteiger partial charge >= 0.3 is 6.09 Å². The predicted molar refractivity (Wildman–Crippen MR) is 95.4 cm³/mol. The maximum atomic E-state index is 11.7. The fourth-order valence-electron chi connectivity index (χ4n) is 4.08. The van der Waals surface area contributed by atoms with E-state index in [0.29, 0.717) is 13.1 Å². The van der Waals surface area contributed by atoms with Crippen molar-refractivity contribution in [3.63, 3.8) is 0 Å². The molecule has 0 saturated heterocycles. The van der Waals surface area contributed by atoms with E-state index in [4.69, 9.17) is 0 Å². The summed E-state index contributed by atoms with van der Waals surface area (Å²) in [4.78, 5) is 17.8. The zero-order valence-electron chi connectivity index (χ0n) is 14.2. The highest BCUT2D eigenvalue weighted by atomic mass is 16.4. The molecule has 5 nitrogen and oxygen atoms in total. The van der Waals surface area contributed by atoms with E-state index in [0.717, 1.165) is 36.9 Å². The Hall–Kier alpha value is -2.40. The van der Waals surface area contributed by atoms with Crippen LogP contribution in [0, 0.1) is 0 Å². The largest absolute Gasteiger partial charge is 0.465 e. The Morgan fingerprint density at radius 3 is 2.84 bits per heavy atom. The number of hydrogen-bond donors (Lipinski definition) is 2. The Kier molecular flexibility index (Phi) is 4.40. The molecule has 1 aromatic carbocycles. The van der Waals surface area contributed by atoms with Crippen LogP contribution in [0.1, 0.15) is 41.3 Å². The third-order valence-corrected chi connectivity index (χ3v) is 5.40. The molecule has 0 fully saturated rings. The summed E-state index contributed by atoms with van der Waals surface area (Å²) in [6, 6.07) is 12.5. The predicted octanol–water partition coefficient (Wildman–Crippen LogP) is 3.15. The highest BCUT2D eigenvalue weighted by Gasteiger charge is 2.30. The molecule has 1 amide bonds. The van der Waals surface area contributed by atoms with Crippen molar-refractivity contribution < 1.29 is 9.90 Å². The molecule has 1 aliphatic heterocycles. The van der Waals surface area contributed by atoms with Crippen molar-refractivity contribution in [3.05, 3.63) is 65.0 Å². The van der Waals surface area contributed by atoms with Crippen LogP contribution in [0.4, 0.5) is 4.79 Å². The molecule has 5 heteroatoms. The molecule has 130 valence electrons. The summed E-state index contributed by atoms with van der Waals surface area (Å²) in [5.41, 5.74) is 4.82. The lowest BCUT2D eigenvalue weighted by Crippen LogP contribution is -2.49. The molecule has 2 heterocycles. The Labute approximate surface area is 147 Å². The van der Waals surface area contributed by atoms with Gasteiger partial charge in [0.05, 0.1) is 11.7 Å². The van der Waals surface area contributed by atoms with Gasteiger partial charge in [-0.15, -0.1) is 0 Å². The first-order valence-electron chi connectivity index (χ1n) is 8.96. The van der Waals surface area contributed by atoms with Gasteiger partial charge in [0.15, 0.2) is 0 Å². The zero-order valence-corrected chi connectivity index (χ0v) is 14.2. The SMILES string of the molecule is O=C(O)N1Cc2ccccc2CC1CN[C@H]1CCCc2cccnc21. The summed E-state index contributed by atoms with van der Waals surface area (Å²) in [6.07, 6.45) is 5.05. The number of hydrogen-bond acceptors (Lipinski definition) is 3. The highest BCUT2D eigenvalue weighted by Crippen LogP contribution is 2.29. The van der Waals surface area contributed by atoms with Gasteiger partial charge in [0.2, 0.25) is 0 Å². The van der Waals surface area contributed by atoms with Crippen LogP contribution in [0.25, 0.3) is 0 Å². The molecule has 25 heavy (non-hydrogen) atoms. The van der Waals surface area contributed by atoms with Crippen LogP contribution < -0.4 is 5.32 Å². The molecule has 2 atom stereocenters. The third-order valence-electron chi connectivity index (χ3n) is 5.40. The van der Waals surface area contributed by atoms with E-state index in [1.54, 1.807) is 4.90 Å². The first kappa shape index (κ1) is 16.1. The Morgan fingerprint density at radius 1 is 1.20 bits per heavy atom. The van der Waals surface area contributed by atoms with E-state index < -0.39 is 6.09 Å². The lowest BCUT2D eigenvalue weighted by molar-refractivity contribution is 0.112. The van der Waals surface area contributed by atoms with Crippen molar-refractivity contribution >= 4 is 6.09 Å². The van der Waals surface area contributed by atoms with Gasteiger partial charge in [0.1, 0.15) is 0 Å². The van der Waals surface area contributed by atoms with Crippen LogP contribution in [0.3, 0.4) is 0 Å². The second-order valence-electron chi connectivity index (χ2n) is 6.94. The third kappa shape index (κ3) is 3.24. The summed E-state index contributed by atoms with van der Waals surface area (Å²) < 4.78 is 0. The van der Waals surface area contributed by atoms with Crippen molar-refractivity contribution in [3.8, 4) is 0 Å². The van der Waals surface area contributed by atoms with Crippen LogP contribution >= 0.6 is 0 Å². The van der Waals surface area contributed by atoms with Crippen molar-refractivity contribution in [2.24, 2.45) is 0 Å². The van der Waals surface area contributed by atoms with Gasteiger partial charge < -0.3 is 10.4 Å². The molecule has 0 spiro atoms. The summed E-state index contributed by atoms with van der Waals surface area (Å²) in [6.45, 7) is 1.12. The van der Waals surface area contributed by atoms with Crippen LogP contribution in [0.5, 0.6) is 0 Å². The highest BCUT2D eigenvalue weighted by molar-refractivity contribution is 5.66. The van der Waals surface area contributed by atoms with Gasteiger partial charge in [-0.25, -0.2) is 4.79 Å². The number of carboxylic acid groups (broad SMARTS) is 1. The number of pyridine rings is 1. The number of aromatic nitrogens is 1. The molecule has 1 aromatic heterocycles. The fourth-order valence-corrected chi connectivity index (χ4v) is 4.08. The zero-order chi connectivity index (χ0) is 17.2. The Balaban J connectivity index is 1.50. The summed E-state index contributed by atoms with van der Waals surface area (Å²) >= 11 is 0. The van der Waals surface area contributed by atoms with E-state index in [-0.39, 0.29) is 12.1 Å². The number of nitrogens with one attached hydrogen (secondary N) is 1. The van der Waals surface area contributed by atoms with Crippen molar-refractivity contribution in [1.82, 2.24) is 15.2 Å². The lowest BCUT2D eigenvalue weighted by Gasteiger charge is -2.36. The van der Waals surface area contributed by atoms with Gasteiger partial charge in [0, 0.05) is 25.3 Å². The summed E-state index contributed by atoms with van der Waals surface area (Å²) in [5.74, 6) is 0. The molecule has 4 rings (SSSR count). The second-order valence-corrected chi connectivity index (χ2v) is 6.94. The minimum atomic E-state index is -0.844. The minimum absolute atomic E-state index is 0.0403. The molecule has 2 N–H and O–H groups in total. The molecule has 0 radical (unpaired) electrons. The standard InChI is InChI=1S/C20H23N3O2/c24-20(25)23-13-16-6-2-1-5-15(16)11-17(23)12-22-18-9-3-7-14-8-4-10-21-19(14)18/h1-2,4-6,8,10,17-18,22H,3,7,9,11-13H2,(H,24,25)/t17?,18-/m0/s1. The Bertz CT molecular complexity index is 777. The van der Waals surface area contributed by atoms with Crippen LogP contribution in [-0.4, -0.2) is 33.7 Å². The normalized spacial score (nSPS) is 22.2. The van der Waals surface area contributed by atoms with E-state index in [1.165, 1.54) is 11.1 Å². The molecular weight excluding hydrogens is 314 g/mol. The molecule has 2 aliphatic rings. The average molecular weight is 337 g/mol. The molecule has 1 unspecified atom stereocenters. The van der Waals surface area contributed by atoms with E-state index in [9.17, 15) is 9.90 Å². The summed E-state index contributed by atoms with van der Waals surface area (Å²) in [7, 11) is 0. The first-order chi connectivity index (χ1) is 12.2. The van der Waals surface area contributed by atoms with Gasteiger partial charge in [0.25, 0.3) is 0 Å². The molecule has 2 aromatic rings. The van der Waals surface area contributed by atoms with Gasteiger partial charge in [-0.3, -0.25) is 9.88 Å². The number of aryl methyl sites for hydroxylation is 1. The first-order valence-corrected chi connectivity index (χ1v) is 8.96. The van der Waals surface area contributed by atoms with Crippen LogP contribution in [0.2, 0.25) is 0 Å². The molecule has 0 saturated carbocycles. The summed E-state index contributed by atoms with van der Waals surface area (Å²) in [5, 5.41) is 13.2. The average Bonchev–Trinajstić information content (AvgIpc) is 2.65. The molecular formula is C20H23N3O2. The van der Waals surface area contributed by atoms with Crippen molar-refractivity contribution in [2.75, 3.05) is 6.54 Å². The maximum Gasteiger partial charge on any atom is 0.407 e. The van der Waals surface area contributed by atoms with Crippen LogP contribution in [0.15, 0.2) is 42.6 Å². The van der Waals surface area contributed by atoms with Gasteiger partial charge in [-0.05, 0) is 48.4 Å². The van der Waals surface area contributed by atoms with Crippen LogP contribution in [-0.2, 0) is 19.4 Å². The number of carbonyl (C=O) groups is 1. The monoisotopic (exact) mass is 337 g/mol. The topological polar surface area (TPSA) is 65.5 Å². The van der Waals surface area contributed by atoms with E-state index in [1.807, 2.05) is 30.5 Å². The van der Waals surface area contributed by atoms with Crippen molar-refractivity contribution in [1.29, 1.82) is 0 Å². The number of fused-ring (bicyclic) bond motifs is 2. The maximum absolute atomic E-state index is 11.7. The van der Waals surface area contributed by atoms with Gasteiger partial charge in [-0.1, -0.05) is 30.3 Å². The smallest absolute Gasteiger partial charge is 0.407 e. The second kappa shape index (κ2) is 6.84. The number of nitrogens with zero attached hydrogens (tertiary/aromatic N) is 2. The van der Waals surface area contributed by atoms with E-state index >= 15 is 0 Å². The fraction of sp³-hybridized carbons (Fsp3) is 0.400. The Morgan fingerprint density at radius 2 is 2.00 bits per heavy atom. The number of amides is 1. The van der Waals surface area contributed by atoms with E-state index in [2.05, 4.69) is 22.4 Å². The lowest BCUT2D eigenvalue weighted by atomic mass is 9.90. The molecule has 1 aliphatic carbocycles.